The number of rotatable bonds is 2. The molecule has 1 aliphatic rings. The Balaban J connectivity index is 2.11. The molecule has 0 saturated heterocycles. The number of benzene rings is 2. The summed E-state index contributed by atoms with van der Waals surface area (Å²) in [5, 5.41) is 0. The van der Waals surface area contributed by atoms with Crippen molar-refractivity contribution >= 4 is 0 Å². The zero-order valence-corrected chi connectivity index (χ0v) is 9.36. The summed E-state index contributed by atoms with van der Waals surface area (Å²) in [5.41, 5.74) is 5.52. The molecule has 80 valence electrons. The number of fused-ring (bicyclic) bond motifs is 3. The summed E-state index contributed by atoms with van der Waals surface area (Å²) in [5.74, 6) is 0.970. The van der Waals surface area contributed by atoms with E-state index in [2.05, 4.69) is 42.5 Å². The molecule has 0 amide bonds. The van der Waals surface area contributed by atoms with Crippen LogP contribution in [0.15, 0.2) is 42.5 Å². The van der Waals surface area contributed by atoms with Gasteiger partial charge in [-0.15, -0.1) is 0 Å². The summed E-state index contributed by atoms with van der Waals surface area (Å²) in [6.45, 7) is 2.74. The van der Waals surface area contributed by atoms with Crippen LogP contribution in [0.3, 0.4) is 0 Å². The third-order valence-corrected chi connectivity index (χ3v) is 3.08. The lowest BCUT2D eigenvalue weighted by Crippen LogP contribution is -1.91. The molecule has 0 aliphatic heterocycles. The highest BCUT2D eigenvalue weighted by molar-refractivity contribution is 5.77. The highest BCUT2D eigenvalue weighted by atomic mass is 16.5. The van der Waals surface area contributed by atoms with Crippen molar-refractivity contribution in [1.29, 1.82) is 0 Å². The molecule has 3 rings (SSSR count). The number of ether oxygens (including phenoxy) is 1. The van der Waals surface area contributed by atoms with Crippen molar-refractivity contribution in [2.24, 2.45) is 0 Å². The van der Waals surface area contributed by atoms with Crippen LogP contribution in [0.25, 0.3) is 11.1 Å². The van der Waals surface area contributed by atoms with E-state index in [1.165, 1.54) is 22.3 Å². The fraction of sp³-hybridized carbons (Fsp3) is 0.200. The van der Waals surface area contributed by atoms with Crippen molar-refractivity contribution in [2.75, 3.05) is 6.61 Å². The lowest BCUT2D eigenvalue weighted by atomic mass is 10.1. The predicted molar refractivity (Wildman–Crippen MR) is 65.9 cm³/mol. The van der Waals surface area contributed by atoms with Crippen LogP contribution < -0.4 is 4.74 Å². The second-order valence-electron chi connectivity index (χ2n) is 4.09. The van der Waals surface area contributed by atoms with E-state index in [9.17, 15) is 0 Å². The maximum atomic E-state index is 5.55. The molecule has 0 saturated carbocycles. The summed E-state index contributed by atoms with van der Waals surface area (Å²) in [6, 6.07) is 15.0. The molecular formula is C15H14O. The Hall–Kier alpha value is -1.76. The molecule has 0 atom stereocenters. The van der Waals surface area contributed by atoms with Gasteiger partial charge >= 0.3 is 0 Å². The van der Waals surface area contributed by atoms with Gasteiger partial charge in [0.1, 0.15) is 5.75 Å². The molecule has 0 fully saturated rings. The largest absolute Gasteiger partial charge is 0.494 e. The van der Waals surface area contributed by atoms with Crippen LogP contribution in [0.4, 0.5) is 0 Å². The maximum Gasteiger partial charge on any atom is 0.119 e. The van der Waals surface area contributed by atoms with E-state index in [1.54, 1.807) is 0 Å². The fourth-order valence-electron chi connectivity index (χ4n) is 2.36. The lowest BCUT2D eigenvalue weighted by Gasteiger charge is -2.06. The smallest absolute Gasteiger partial charge is 0.119 e. The van der Waals surface area contributed by atoms with E-state index in [-0.39, 0.29) is 0 Å². The van der Waals surface area contributed by atoms with Crippen molar-refractivity contribution in [3.8, 4) is 16.9 Å². The van der Waals surface area contributed by atoms with E-state index < -0.39 is 0 Å². The predicted octanol–water partition coefficient (Wildman–Crippen LogP) is 3.66. The molecular weight excluding hydrogens is 196 g/mol. The fourth-order valence-corrected chi connectivity index (χ4v) is 2.36. The molecule has 0 bridgehead atoms. The topological polar surface area (TPSA) is 9.23 Å². The summed E-state index contributed by atoms with van der Waals surface area (Å²) in [6.07, 6.45) is 1.05. The maximum absolute atomic E-state index is 5.55. The first-order valence-electron chi connectivity index (χ1n) is 5.72. The average Bonchev–Trinajstić information content (AvgIpc) is 2.68. The summed E-state index contributed by atoms with van der Waals surface area (Å²) in [4.78, 5) is 0. The standard InChI is InChI=1S/C15H14O/c1-2-16-13-8-7-12-9-11-5-3-4-6-14(11)15(12)10-13/h3-8,10H,2,9H2,1H3. The van der Waals surface area contributed by atoms with E-state index in [0.717, 1.165) is 18.8 Å². The third-order valence-electron chi connectivity index (χ3n) is 3.08. The van der Waals surface area contributed by atoms with Crippen LogP contribution in [0.5, 0.6) is 5.75 Å². The molecule has 0 heterocycles. The zero-order valence-electron chi connectivity index (χ0n) is 9.36. The molecule has 0 radical (unpaired) electrons. The van der Waals surface area contributed by atoms with E-state index in [4.69, 9.17) is 4.74 Å². The van der Waals surface area contributed by atoms with E-state index in [0.29, 0.717) is 0 Å². The first kappa shape index (κ1) is 9.46. The Labute approximate surface area is 95.7 Å². The van der Waals surface area contributed by atoms with Crippen molar-refractivity contribution in [3.63, 3.8) is 0 Å². The molecule has 1 heteroatoms. The molecule has 0 aromatic heterocycles. The van der Waals surface area contributed by atoms with Gasteiger partial charge < -0.3 is 4.74 Å². The molecule has 1 aliphatic carbocycles. The Kier molecular flexibility index (Phi) is 2.17. The van der Waals surface area contributed by atoms with Crippen LogP contribution >= 0.6 is 0 Å². The Bertz CT molecular complexity index is 529. The minimum Gasteiger partial charge on any atom is -0.494 e. The highest BCUT2D eigenvalue weighted by Gasteiger charge is 2.17. The Morgan fingerprint density at radius 2 is 1.81 bits per heavy atom. The minimum absolute atomic E-state index is 0.723. The second kappa shape index (κ2) is 3.67. The van der Waals surface area contributed by atoms with Crippen molar-refractivity contribution < 1.29 is 4.74 Å². The van der Waals surface area contributed by atoms with Crippen molar-refractivity contribution in [2.45, 2.75) is 13.3 Å². The van der Waals surface area contributed by atoms with Gasteiger partial charge in [-0.25, -0.2) is 0 Å². The molecule has 2 aromatic carbocycles. The molecule has 0 unspecified atom stereocenters. The van der Waals surface area contributed by atoms with Gasteiger partial charge in [0.05, 0.1) is 6.61 Å². The molecule has 16 heavy (non-hydrogen) atoms. The number of hydrogen-bond donors (Lipinski definition) is 0. The van der Waals surface area contributed by atoms with Gasteiger partial charge in [-0.1, -0.05) is 30.3 Å². The van der Waals surface area contributed by atoms with Gasteiger partial charge in [0, 0.05) is 0 Å². The van der Waals surface area contributed by atoms with Gasteiger partial charge in [0.15, 0.2) is 0 Å². The first-order valence-corrected chi connectivity index (χ1v) is 5.72. The van der Waals surface area contributed by atoms with Gasteiger partial charge in [0.25, 0.3) is 0 Å². The third kappa shape index (κ3) is 1.40. The Morgan fingerprint density at radius 3 is 2.69 bits per heavy atom. The summed E-state index contributed by atoms with van der Waals surface area (Å²) in [7, 11) is 0. The van der Waals surface area contributed by atoms with Crippen molar-refractivity contribution in [3.05, 3.63) is 53.6 Å². The molecule has 0 spiro atoms. The normalized spacial score (nSPS) is 12.1. The van der Waals surface area contributed by atoms with Crippen LogP contribution in [0, 0.1) is 0 Å². The monoisotopic (exact) mass is 210 g/mol. The van der Waals surface area contributed by atoms with Gasteiger partial charge in [-0.2, -0.15) is 0 Å². The van der Waals surface area contributed by atoms with Crippen LogP contribution in [-0.4, -0.2) is 6.61 Å². The lowest BCUT2D eigenvalue weighted by molar-refractivity contribution is 0.340. The number of hydrogen-bond acceptors (Lipinski definition) is 1. The Morgan fingerprint density at radius 1 is 1.00 bits per heavy atom. The van der Waals surface area contributed by atoms with Crippen molar-refractivity contribution in [1.82, 2.24) is 0 Å². The summed E-state index contributed by atoms with van der Waals surface area (Å²) >= 11 is 0. The first-order chi connectivity index (χ1) is 7.88. The average molecular weight is 210 g/mol. The van der Waals surface area contributed by atoms with E-state index >= 15 is 0 Å². The van der Waals surface area contributed by atoms with Crippen LogP contribution in [-0.2, 0) is 6.42 Å². The van der Waals surface area contributed by atoms with E-state index in [1.807, 2.05) is 6.92 Å². The van der Waals surface area contributed by atoms with Gasteiger partial charge in [-0.05, 0) is 47.7 Å². The SMILES string of the molecule is CCOc1ccc2c(c1)-c1ccccc1C2. The quantitative estimate of drug-likeness (QED) is 0.627. The zero-order chi connectivity index (χ0) is 11.0. The van der Waals surface area contributed by atoms with Gasteiger partial charge in [0.2, 0.25) is 0 Å². The summed E-state index contributed by atoms with van der Waals surface area (Å²) < 4.78 is 5.55. The highest BCUT2D eigenvalue weighted by Crippen LogP contribution is 2.38. The second-order valence-corrected chi connectivity index (χ2v) is 4.09. The molecule has 1 nitrogen and oxygen atoms in total. The minimum atomic E-state index is 0.723. The van der Waals surface area contributed by atoms with Crippen LogP contribution in [0.2, 0.25) is 0 Å². The molecule has 2 aromatic rings. The molecule has 0 N–H and O–H groups in total. The van der Waals surface area contributed by atoms with Crippen LogP contribution in [0.1, 0.15) is 18.1 Å². The van der Waals surface area contributed by atoms with Gasteiger partial charge in [-0.3, -0.25) is 0 Å².